The van der Waals surface area contributed by atoms with Crippen molar-refractivity contribution >= 4 is 21.5 Å². The molecule has 2 aromatic heterocycles. The maximum atomic E-state index is 15.3. The molecule has 0 N–H and O–H groups in total. The van der Waals surface area contributed by atoms with Crippen molar-refractivity contribution in [2.24, 2.45) is 4.36 Å². The van der Waals surface area contributed by atoms with E-state index < -0.39 is 39.0 Å². The highest BCUT2D eigenvalue weighted by Crippen LogP contribution is 2.36. The Kier molecular flexibility index (Phi) is 7.81. The van der Waals surface area contributed by atoms with Crippen molar-refractivity contribution in [3.63, 3.8) is 0 Å². The predicted molar refractivity (Wildman–Crippen MR) is 165 cm³/mol. The van der Waals surface area contributed by atoms with Crippen LogP contribution in [0.4, 0.5) is 19.3 Å². The average molecular weight is 627 g/mol. The van der Waals surface area contributed by atoms with E-state index in [9.17, 15) is 18.2 Å². The number of hydrogen-bond donors (Lipinski definition) is 0. The fourth-order valence-electron chi connectivity index (χ4n) is 5.40. The molecule has 234 valence electrons. The van der Waals surface area contributed by atoms with Crippen molar-refractivity contribution in [2.45, 2.75) is 59.6 Å². The van der Waals surface area contributed by atoms with E-state index in [4.69, 9.17) is 9.84 Å². The Morgan fingerprint density at radius 3 is 2.30 bits per heavy atom. The van der Waals surface area contributed by atoms with E-state index in [0.29, 0.717) is 46.9 Å². The first kappa shape index (κ1) is 31.2. The van der Waals surface area contributed by atoms with Crippen LogP contribution in [0.1, 0.15) is 56.1 Å². The van der Waals surface area contributed by atoms with Gasteiger partial charge in [-0.2, -0.15) is 9.46 Å². The van der Waals surface area contributed by atoms with Crippen LogP contribution < -0.4 is 5.69 Å². The maximum Gasteiger partial charge on any atom is 0.410 e. The quantitative estimate of drug-likeness (QED) is 0.280. The summed E-state index contributed by atoms with van der Waals surface area (Å²) in [5.41, 5.74) is 1.50. The summed E-state index contributed by atoms with van der Waals surface area (Å²) in [6.45, 7) is 10.9. The van der Waals surface area contributed by atoms with Gasteiger partial charge in [0.2, 0.25) is 0 Å². The molecule has 1 amide bonds. The van der Waals surface area contributed by atoms with Gasteiger partial charge in [0.15, 0.2) is 0 Å². The van der Waals surface area contributed by atoms with Gasteiger partial charge in [0.25, 0.3) is 0 Å². The van der Waals surface area contributed by atoms with E-state index >= 15 is 4.39 Å². The summed E-state index contributed by atoms with van der Waals surface area (Å²) in [6.07, 6.45) is 5.73. The first-order valence-electron chi connectivity index (χ1n) is 14.1. The van der Waals surface area contributed by atoms with Crippen LogP contribution in [0, 0.1) is 25.5 Å². The van der Waals surface area contributed by atoms with Crippen LogP contribution in [0.5, 0.6) is 0 Å². The normalized spacial score (nSPS) is 15.3. The maximum absolute atomic E-state index is 15.3. The molecule has 3 heterocycles. The number of aromatic nitrogens is 4. The molecule has 1 aliphatic rings. The zero-order valence-corrected chi connectivity index (χ0v) is 26.8. The van der Waals surface area contributed by atoms with Gasteiger partial charge in [-0.25, -0.2) is 27.3 Å². The smallest absolute Gasteiger partial charge is 0.410 e. The van der Waals surface area contributed by atoms with Gasteiger partial charge in [-0.15, -0.1) is 0 Å². The Labute approximate surface area is 255 Å². The molecule has 2 aromatic carbocycles. The fourth-order valence-corrected chi connectivity index (χ4v) is 6.03. The van der Waals surface area contributed by atoms with Crippen LogP contribution in [-0.2, 0) is 20.9 Å². The summed E-state index contributed by atoms with van der Waals surface area (Å²) in [7, 11) is -2.51. The molecule has 0 fully saturated rings. The number of amides is 1. The zero-order valence-electron chi connectivity index (χ0n) is 26.0. The van der Waals surface area contributed by atoms with Gasteiger partial charge in [-0.3, -0.25) is 9.13 Å². The van der Waals surface area contributed by atoms with Crippen LogP contribution >= 0.6 is 0 Å². The summed E-state index contributed by atoms with van der Waals surface area (Å²) in [4.78, 5) is 28.8. The van der Waals surface area contributed by atoms with Crippen molar-refractivity contribution in [2.75, 3.05) is 19.1 Å². The van der Waals surface area contributed by atoms with Gasteiger partial charge in [-0.05, 0) is 76.9 Å². The Morgan fingerprint density at radius 1 is 1.07 bits per heavy atom. The summed E-state index contributed by atoms with van der Waals surface area (Å²) in [6, 6.07) is 6.77. The number of ether oxygens (including phenoxy) is 1. The Hall–Kier alpha value is -4.26. The topological polar surface area (TPSA) is 104 Å². The van der Waals surface area contributed by atoms with Gasteiger partial charge in [0, 0.05) is 59.2 Å². The predicted octanol–water partition coefficient (Wildman–Crippen LogP) is 5.92. The third-order valence-corrected chi connectivity index (χ3v) is 7.91. The van der Waals surface area contributed by atoms with Crippen LogP contribution in [0.2, 0.25) is 0 Å². The lowest BCUT2D eigenvalue weighted by Crippen LogP contribution is -2.42. The standard InChI is InChI=1S/C31H36F2N6O4S/c1-18-15-22(16-19(2)27(18)33)39-28(26-20(3)36(12-11-24(26)34-39)30(41)43-31(4,5)6)38-14-13-37(29(38)40)25-10-9-21(17-23(25)32)35-44(7,8)42/h9-10,13-17,20H,11-12H2,1-8H3/t20-/m0/s1. The molecule has 0 spiro atoms. The molecular weight excluding hydrogens is 590 g/mol. The third kappa shape index (κ3) is 5.92. The largest absolute Gasteiger partial charge is 0.444 e. The van der Waals surface area contributed by atoms with Crippen molar-refractivity contribution in [3.05, 3.63) is 87.2 Å². The first-order chi connectivity index (χ1) is 20.4. The number of benzene rings is 2. The summed E-state index contributed by atoms with van der Waals surface area (Å²) in [5, 5.41) is 4.85. The number of nitrogens with zero attached hydrogens (tertiary/aromatic N) is 6. The monoisotopic (exact) mass is 626 g/mol. The minimum atomic E-state index is -2.51. The van der Waals surface area contributed by atoms with Crippen molar-refractivity contribution in [1.82, 2.24) is 23.8 Å². The number of rotatable bonds is 4. The van der Waals surface area contributed by atoms with Gasteiger partial charge < -0.3 is 9.64 Å². The molecule has 13 heteroatoms. The number of aryl methyl sites for hydroxylation is 2. The highest BCUT2D eigenvalue weighted by molar-refractivity contribution is 7.92. The van der Waals surface area contributed by atoms with E-state index in [1.807, 2.05) is 6.92 Å². The van der Waals surface area contributed by atoms with Crippen LogP contribution in [0.15, 0.2) is 51.9 Å². The van der Waals surface area contributed by atoms with Gasteiger partial charge >= 0.3 is 11.8 Å². The summed E-state index contributed by atoms with van der Waals surface area (Å²) >= 11 is 0. The van der Waals surface area contributed by atoms with Crippen LogP contribution in [-0.4, -0.2) is 58.8 Å². The molecule has 1 atom stereocenters. The van der Waals surface area contributed by atoms with Gasteiger partial charge in [0.1, 0.15) is 23.1 Å². The fraction of sp³-hybridized carbons (Fsp3) is 0.387. The molecule has 0 aliphatic carbocycles. The first-order valence-corrected chi connectivity index (χ1v) is 16.4. The number of fused-ring (bicyclic) bond motifs is 1. The highest BCUT2D eigenvalue weighted by Gasteiger charge is 2.37. The van der Waals surface area contributed by atoms with E-state index in [1.54, 1.807) is 56.3 Å². The number of carbonyl (C=O) groups excluding carboxylic acids is 1. The SMILES string of the molecule is Cc1cc(-n2nc3c(c2-n2ccn(-c4ccc(N=S(C)(C)=O)cc4F)c2=O)[C@H](C)N(C(=O)OC(C)(C)C)CC3)cc(C)c1F. The molecule has 0 bridgehead atoms. The molecule has 0 radical (unpaired) electrons. The van der Waals surface area contributed by atoms with Gasteiger partial charge in [0.05, 0.1) is 28.8 Å². The second kappa shape index (κ2) is 11.0. The molecule has 44 heavy (non-hydrogen) atoms. The summed E-state index contributed by atoms with van der Waals surface area (Å²) < 4.78 is 55.8. The lowest BCUT2D eigenvalue weighted by atomic mass is 10.00. The number of halogens is 2. The second-order valence-electron chi connectivity index (χ2n) is 12.3. The molecule has 10 nitrogen and oxygen atoms in total. The highest BCUT2D eigenvalue weighted by atomic mass is 32.2. The third-order valence-electron chi connectivity index (χ3n) is 7.26. The van der Waals surface area contributed by atoms with Crippen LogP contribution in [0.25, 0.3) is 17.2 Å². The second-order valence-corrected chi connectivity index (χ2v) is 14.9. The molecular formula is C31H36F2N6O4S. The van der Waals surface area contributed by atoms with Crippen molar-refractivity contribution in [1.29, 1.82) is 0 Å². The molecule has 0 saturated carbocycles. The number of carbonyl (C=O) groups is 1. The zero-order chi connectivity index (χ0) is 32.3. The van der Waals surface area contributed by atoms with E-state index in [2.05, 4.69) is 4.36 Å². The molecule has 4 aromatic rings. The number of hydrogen-bond acceptors (Lipinski definition) is 6. The molecule has 5 rings (SSSR count). The Bertz CT molecular complexity index is 1950. The minimum Gasteiger partial charge on any atom is -0.444 e. The van der Waals surface area contributed by atoms with E-state index in [-0.39, 0.29) is 17.2 Å². The van der Waals surface area contributed by atoms with E-state index in [1.165, 1.54) is 41.6 Å². The van der Waals surface area contributed by atoms with Crippen molar-refractivity contribution in [3.8, 4) is 17.2 Å². The average Bonchev–Trinajstić information content (AvgIpc) is 3.46. The molecule has 0 saturated heterocycles. The minimum absolute atomic E-state index is 0.0248. The number of imidazole rings is 1. The lowest BCUT2D eigenvalue weighted by Gasteiger charge is -2.34. The molecule has 0 unspecified atom stereocenters. The Balaban J connectivity index is 1.70. The Morgan fingerprint density at radius 2 is 1.70 bits per heavy atom. The summed E-state index contributed by atoms with van der Waals surface area (Å²) in [5.74, 6) is -0.717. The molecule has 1 aliphatic heterocycles. The van der Waals surface area contributed by atoms with Crippen LogP contribution in [0.3, 0.4) is 0 Å². The van der Waals surface area contributed by atoms with E-state index in [0.717, 1.165) is 10.6 Å². The lowest BCUT2D eigenvalue weighted by molar-refractivity contribution is 0.0159. The van der Waals surface area contributed by atoms with Crippen molar-refractivity contribution < 1.29 is 22.5 Å². The van der Waals surface area contributed by atoms with Gasteiger partial charge in [-0.1, -0.05) is 0 Å².